The Morgan fingerprint density at radius 1 is 1.27 bits per heavy atom. The largest absolute Gasteiger partial charge is 0.379 e. The second-order valence-corrected chi connectivity index (χ2v) is 14.2. The van der Waals surface area contributed by atoms with E-state index >= 15 is 0 Å². The molecule has 5 rings (SSSR count). The van der Waals surface area contributed by atoms with E-state index < -0.39 is 12.3 Å². The molecule has 2 saturated heterocycles. The number of hydrogen-bond acceptors (Lipinski definition) is 7. The van der Waals surface area contributed by atoms with Crippen LogP contribution in [0.4, 0.5) is 14.7 Å². The number of aromatic nitrogens is 2. The number of imidazole rings is 1. The van der Waals surface area contributed by atoms with Crippen molar-refractivity contribution in [3.05, 3.63) is 57.3 Å². The fraction of sp³-hybridized carbons (Fsp3) is 0.500. The fourth-order valence-corrected chi connectivity index (χ4v) is 6.31. The van der Waals surface area contributed by atoms with E-state index in [0.717, 1.165) is 35.4 Å². The second-order valence-electron chi connectivity index (χ2n) is 13.1. The zero-order valence-corrected chi connectivity index (χ0v) is 26.3. The Morgan fingerprint density at radius 3 is 2.68 bits per heavy atom. The van der Waals surface area contributed by atoms with Crippen molar-refractivity contribution in [2.75, 3.05) is 31.6 Å². The maximum Gasteiger partial charge on any atom is 0.272 e. The summed E-state index contributed by atoms with van der Waals surface area (Å²) in [6, 6.07) is 10.4. The molecule has 0 aliphatic carbocycles. The van der Waals surface area contributed by atoms with Gasteiger partial charge in [-0.1, -0.05) is 39.8 Å². The van der Waals surface area contributed by atoms with Crippen molar-refractivity contribution in [1.82, 2.24) is 19.8 Å². The molecule has 0 spiro atoms. The number of fused-ring (bicyclic) bond motifs is 1. The third-order valence-electron chi connectivity index (χ3n) is 7.83. The highest BCUT2D eigenvalue weighted by atomic mass is 32.1. The Balaban J connectivity index is 1.45. The van der Waals surface area contributed by atoms with Crippen LogP contribution in [-0.4, -0.2) is 58.6 Å². The highest BCUT2D eigenvalue weighted by Crippen LogP contribution is 2.32. The summed E-state index contributed by atoms with van der Waals surface area (Å²) in [6.07, 6.45) is 0.553. The molecule has 9 nitrogen and oxygen atoms in total. The SMILES string of the molecule is CC(C)(C)CNCc1ccc2nc(NC(=O)c3ccc(C(F)F)s3)n(C[C@H]3CCCN3C(=O)/C(C#N)=C\C3(C)COC3)c2c1. The van der Waals surface area contributed by atoms with Gasteiger partial charge in [0.25, 0.3) is 18.2 Å². The van der Waals surface area contributed by atoms with E-state index in [0.29, 0.717) is 44.8 Å². The predicted octanol–water partition coefficient (Wildman–Crippen LogP) is 5.90. The average Bonchev–Trinajstić information content (AvgIpc) is 3.70. The summed E-state index contributed by atoms with van der Waals surface area (Å²) < 4.78 is 33.6. The Kier molecular flexibility index (Phi) is 9.20. The Labute approximate surface area is 259 Å². The van der Waals surface area contributed by atoms with E-state index in [2.05, 4.69) is 37.5 Å². The van der Waals surface area contributed by atoms with Crippen LogP contribution >= 0.6 is 11.3 Å². The van der Waals surface area contributed by atoms with Gasteiger partial charge in [0, 0.05) is 31.6 Å². The van der Waals surface area contributed by atoms with Crippen molar-refractivity contribution >= 4 is 40.1 Å². The number of anilines is 1. The van der Waals surface area contributed by atoms with Crippen molar-refractivity contribution in [3.63, 3.8) is 0 Å². The number of benzene rings is 1. The molecule has 0 saturated carbocycles. The molecular weight excluding hydrogens is 586 g/mol. The Bertz CT molecular complexity index is 1610. The molecule has 234 valence electrons. The molecule has 2 fully saturated rings. The average molecular weight is 625 g/mol. The molecule has 1 atom stereocenters. The molecular formula is C32H38F2N6O3S. The number of likely N-dealkylation sites (tertiary alicyclic amines) is 1. The smallest absolute Gasteiger partial charge is 0.272 e. The van der Waals surface area contributed by atoms with Crippen LogP contribution in [0.3, 0.4) is 0 Å². The number of halogens is 2. The first-order valence-corrected chi connectivity index (χ1v) is 15.6. The van der Waals surface area contributed by atoms with Gasteiger partial charge in [0.2, 0.25) is 5.95 Å². The molecule has 0 bridgehead atoms. The van der Waals surface area contributed by atoms with Crippen molar-refractivity contribution in [3.8, 4) is 6.07 Å². The van der Waals surface area contributed by atoms with E-state index in [1.807, 2.05) is 29.7 Å². The quantitative estimate of drug-likeness (QED) is 0.215. The number of alkyl halides is 2. The highest BCUT2D eigenvalue weighted by Gasteiger charge is 2.36. The number of carbonyl (C=O) groups excluding carboxylic acids is 2. The van der Waals surface area contributed by atoms with E-state index in [1.165, 1.54) is 12.1 Å². The van der Waals surface area contributed by atoms with Gasteiger partial charge in [0.1, 0.15) is 11.6 Å². The number of amides is 2. The minimum atomic E-state index is -2.66. The van der Waals surface area contributed by atoms with E-state index in [1.54, 1.807) is 11.0 Å². The summed E-state index contributed by atoms with van der Waals surface area (Å²) in [5.41, 5.74) is 2.36. The van der Waals surface area contributed by atoms with Gasteiger partial charge in [0.05, 0.1) is 40.0 Å². The lowest BCUT2D eigenvalue weighted by Crippen LogP contribution is -2.41. The molecule has 2 aromatic heterocycles. The zero-order chi connectivity index (χ0) is 31.6. The van der Waals surface area contributed by atoms with Crippen LogP contribution in [-0.2, 0) is 22.6 Å². The molecule has 2 aliphatic heterocycles. The molecule has 4 heterocycles. The van der Waals surface area contributed by atoms with Gasteiger partial charge in [-0.2, -0.15) is 5.26 Å². The molecule has 1 aromatic carbocycles. The van der Waals surface area contributed by atoms with Crippen LogP contribution in [0.1, 0.15) is 67.1 Å². The first-order valence-electron chi connectivity index (χ1n) is 14.8. The number of nitrogens with zero attached hydrogens (tertiary/aromatic N) is 4. The molecule has 0 unspecified atom stereocenters. The van der Waals surface area contributed by atoms with Crippen molar-refractivity contribution in [2.45, 2.75) is 66.1 Å². The fourth-order valence-electron chi connectivity index (χ4n) is 5.55. The van der Waals surface area contributed by atoms with E-state index in [-0.39, 0.29) is 44.1 Å². The van der Waals surface area contributed by atoms with Crippen LogP contribution < -0.4 is 10.6 Å². The van der Waals surface area contributed by atoms with Crippen LogP contribution in [0.15, 0.2) is 42.0 Å². The minimum Gasteiger partial charge on any atom is -0.379 e. The van der Waals surface area contributed by atoms with Gasteiger partial charge in [0.15, 0.2) is 0 Å². The summed E-state index contributed by atoms with van der Waals surface area (Å²) in [6.45, 7) is 11.7. The lowest BCUT2D eigenvalue weighted by Gasteiger charge is -2.35. The van der Waals surface area contributed by atoms with E-state index in [4.69, 9.17) is 9.72 Å². The zero-order valence-electron chi connectivity index (χ0n) is 25.5. The first-order chi connectivity index (χ1) is 20.9. The van der Waals surface area contributed by atoms with Gasteiger partial charge in [-0.15, -0.1) is 11.3 Å². The van der Waals surface area contributed by atoms with Gasteiger partial charge in [-0.25, -0.2) is 13.8 Å². The maximum absolute atomic E-state index is 13.6. The van der Waals surface area contributed by atoms with Gasteiger partial charge in [-0.3, -0.25) is 14.9 Å². The number of rotatable bonds is 10. The van der Waals surface area contributed by atoms with Crippen LogP contribution in [0.25, 0.3) is 11.0 Å². The Morgan fingerprint density at radius 2 is 2.05 bits per heavy atom. The topological polar surface area (TPSA) is 112 Å². The lowest BCUT2D eigenvalue weighted by atomic mass is 9.86. The van der Waals surface area contributed by atoms with E-state index in [9.17, 15) is 23.6 Å². The first kappa shape index (κ1) is 31.8. The molecule has 2 amide bonds. The molecule has 44 heavy (non-hydrogen) atoms. The molecule has 2 aliphatic rings. The lowest BCUT2D eigenvalue weighted by molar-refractivity contribution is -0.128. The highest BCUT2D eigenvalue weighted by molar-refractivity contribution is 7.14. The monoisotopic (exact) mass is 624 g/mol. The van der Waals surface area contributed by atoms with Crippen molar-refractivity contribution in [2.24, 2.45) is 10.8 Å². The minimum absolute atomic E-state index is 0.103. The third-order valence-corrected chi connectivity index (χ3v) is 8.92. The number of carbonyl (C=O) groups is 2. The normalized spacial score (nSPS) is 18.5. The number of hydrogen-bond donors (Lipinski definition) is 2. The summed E-state index contributed by atoms with van der Waals surface area (Å²) >= 11 is 0.742. The summed E-state index contributed by atoms with van der Waals surface area (Å²) in [5, 5.41) is 16.2. The number of nitriles is 1. The molecule has 12 heteroatoms. The van der Waals surface area contributed by atoms with Gasteiger partial charge >= 0.3 is 0 Å². The second kappa shape index (κ2) is 12.8. The molecule has 2 N–H and O–H groups in total. The van der Waals surface area contributed by atoms with Crippen LogP contribution in [0, 0.1) is 22.2 Å². The summed E-state index contributed by atoms with van der Waals surface area (Å²) in [5.74, 6) is -0.579. The summed E-state index contributed by atoms with van der Waals surface area (Å²) in [4.78, 5) is 33.1. The molecule has 0 radical (unpaired) electrons. The maximum atomic E-state index is 13.6. The number of nitrogens with one attached hydrogen (secondary N) is 2. The van der Waals surface area contributed by atoms with Crippen LogP contribution in [0.5, 0.6) is 0 Å². The van der Waals surface area contributed by atoms with Crippen molar-refractivity contribution < 1.29 is 23.1 Å². The van der Waals surface area contributed by atoms with Gasteiger partial charge in [-0.05, 0) is 48.1 Å². The van der Waals surface area contributed by atoms with Crippen LogP contribution in [0.2, 0.25) is 0 Å². The predicted molar refractivity (Wildman–Crippen MR) is 165 cm³/mol. The summed E-state index contributed by atoms with van der Waals surface area (Å²) in [7, 11) is 0. The number of thiophene rings is 1. The third kappa shape index (κ3) is 7.17. The van der Waals surface area contributed by atoms with Gasteiger partial charge < -0.3 is 19.5 Å². The standard InChI is InChI=1S/C32H38F2N6O3S/c1-31(2,3)17-36-15-20-7-8-23-24(12-20)40(30(37-23)38-28(41)26-10-9-25(44-26)27(33)34)16-22-6-5-11-39(22)29(42)21(14-35)13-32(4)18-43-19-32/h7-10,12-13,22,27,36H,5-6,11,15-19H2,1-4H3,(H,37,38,41)/b21-13-/t22-/m1/s1. The van der Waals surface area contributed by atoms with Crippen molar-refractivity contribution in [1.29, 1.82) is 5.26 Å². The Hall–Kier alpha value is -3.66. The molecule has 3 aromatic rings. The number of ether oxygens (including phenoxy) is 1.